The maximum Gasteiger partial charge on any atom is 0.254 e. The summed E-state index contributed by atoms with van der Waals surface area (Å²) in [5, 5.41) is 2.02. The van der Waals surface area contributed by atoms with Crippen molar-refractivity contribution >= 4 is 39.1 Å². The number of ether oxygens (including phenoxy) is 2. The highest BCUT2D eigenvalue weighted by Crippen LogP contribution is 2.34. The second-order valence-corrected chi connectivity index (χ2v) is 10.1. The van der Waals surface area contributed by atoms with Crippen molar-refractivity contribution in [3.05, 3.63) is 86.3 Å². The number of hydrogen-bond donors (Lipinski definition) is 0. The molecule has 1 aliphatic heterocycles. The van der Waals surface area contributed by atoms with Gasteiger partial charge in [0.25, 0.3) is 5.91 Å². The molecule has 2 aromatic carbocycles. The van der Waals surface area contributed by atoms with Gasteiger partial charge in [-0.3, -0.25) is 9.59 Å². The van der Waals surface area contributed by atoms with E-state index in [0.717, 1.165) is 16.5 Å². The zero-order valence-electron chi connectivity index (χ0n) is 19.3. The summed E-state index contributed by atoms with van der Waals surface area (Å²) < 4.78 is 25.2. The van der Waals surface area contributed by atoms with Gasteiger partial charge in [0.2, 0.25) is 5.91 Å². The molecule has 0 radical (unpaired) electrons. The molecule has 6 nitrogen and oxygen atoms in total. The Labute approximate surface area is 216 Å². The number of methoxy groups -OCH3 is 1. The van der Waals surface area contributed by atoms with Gasteiger partial charge in [0.15, 0.2) is 0 Å². The van der Waals surface area contributed by atoms with Gasteiger partial charge in [-0.1, -0.05) is 22.0 Å². The van der Waals surface area contributed by atoms with Gasteiger partial charge in [-0.15, -0.1) is 11.3 Å². The molecule has 0 fully saturated rings. The molecule has 0 unspecified atom stereocenters. The molecule has 0 spiro atoms. The first-order valence-corrected chi connectivity index (χ1v) is 12.9. The third-order valence-corrected chi connectivity index (χ3v) is 7.38. The molecule has 1 aliphatic rings. The minimum atomic E-state index is -0.335. The monoisotopic (exact) mass is 560 g/mol. The van der Waals surface area contributed by atoms with Crippen LogP contribution in [-0.4, -0.2) is 61.6 Å². The lowest BCUT2D eigenvalue weighted by Crippen LogP contribution is -2.48. The van der Waals surface area contributed by atoms with Crippen molar-refractivity contribution in [1.82, 2.24) is 9.80 Å². The zero-order chi connectivity index (χ0) is 24.8. The molecule has 0 aliphatic carbocycles. The molecule has 2 heterocycles. The predicted octanol–water partition coefficient (Wildman–Crippen LogP) is 4.94. The van der Waals surface area contributed by atoms with Crippen LogP contribution < -0.4 is 4.74 Å². The van der Waals surface area contributed by atoms with Gasteiger partial charge >= 0.3 is 0 Å². The van der Waals surface area contributed by atoms with Gasteiger partial charge in [0, 0.05) is 35.1 Å². The molecule has 4 rings (SSSR count). The fourth-order valence-corrected chi connectivity index (χ4v) is 5.42. The van der Waals surface area contributed by atoms with Crippen LogP contribution in [0.2, 0.25) is 0 Å². The lowest BCUT2D eigenvalue weighted by atomic mass is 10.0. The first kappa shape index (κ1) is 25.3. The first-order valence-electron chi connectivity index (χ1n) is 11.2. The second-order valence-electron chi connectivity index (χ2n) is 8.15. The fraction of sp³-hybridized carbons (Fsp3) is 0.308. The molecule has 0 bridgehead atoms. The summed E-state index contributed by atoms with van der Waals surface area (Å²) in [5.74, 6) is -0.191. The van der Waals surface area contributed by atoms with E-state index in [9.17, 15) is 14.0 Å². The molecule has 1 aromatic heterocycles. The van der Waals surface area contributed by atoms with Gasteiger partial charge in [0.1, 0.15) is 24.7 Å². The van der Waals surface area contributed by atoms with E-state index >= 15 is 0 Å². The van der Waals surface area contributed by atoms with Crippen LogP contribution in [0.4, 0.5) is 4.39 Å². The molecule has 0 saturated heterocycles. The highest BCUT2D eigenvalue weighted by Gasteiger charge is 2.33. The standard InChI is InChI=1S/C26H26BrFN2O4S/c1-33-13-12-29(26(32)18-3-2-4-19(27)15-18)16-25(31)30-11-9-24-22(10-14-35-24)23(30)17-34-21-7-5-20(28)6-8-21/h2-8,10,14-15,23H,9,11-13,16-17H2,1H3/t23-/m0/s1. The molecule has 1 atom stereocenters. The molecule has 35 heavy (non-hydrogen) atoms. The number of halogens is 2. The smallest absolute Gasteiger partial charge is 0.254 e. The predicted molar refractivity (Wildman–Crippen MR) is 136 cm³/mol. The van der Waals surface area contributed by atoms with E-state index in [4.69, 9.17) is 9.47 Å². The molecule has 0 saturated carbocycles. The van der Waals surface area contributed by atoms with Crippen LogP contribution in [0.25, 0.3) is 0 Å². The van der Waals surface area contributed by atoms with Gasteiger partial charge in [0.05, 0.1) is 12.6 Å². The first-order chi connectivity index (χ1) is 17.0. The quantitative estimate of drug-likeness (QED) is 0.372. The normalized spacial score (nSPS) is 14.9. The average Bonchev–Trinajstić information content (AvgIpc) is 3.34. The lowest BCUT2D eigenvalue weighted by molar-refractivity contribution is -0.135. The molecule has 3 aromatic rings. The van der Waals surface area contributed by atoms with Crippen LogP contribution in [-0.2, 0) is 16.0 Å². The van der Waals surface area contributed by atoms with Crippen LogP contribution in [0.3, 0.4) is 0 Å². The SMILES string of the molecule is COCCN(CC(=O)N1CCc2sccc2[C@@H]1COc1ccc(F)cc1)C(=O)c1cccc(Br)c1. The number of fused-ring (bicyclic) bond motifs is 1. The van der Waals surface area contributed by atoms with E-state index in [0.29, 0.717) is 31.0 Å². The third kappa shape index (κ3) is 6.28. The highest BCUT2D eigenvalue weighted by atomic mass is 79.9. The van der Waals surface area contributed by atoms with Gasteiger partial charge in [-0.2, -0.15) is 0 Å². The Hall–Kier alpha value is -2.75. The van der Waals surface area contributed by atoms with Gasteiger partial charge < -0.3 is 19.3 Å². The van der Waals surface area contributed by atoms with Gasteiger partial charge in [-0.05, 0) is 65.9 Å². The van der Waals surface area contributed by atoms with Crippen molar-refractivity contribution in [2.75, 3.05) is 40.0 Å². The Bertz CT molecular complexity index is 1170. The zero-order valence-corrected chi connectivity index (χ0v) is 21.7. The Kier molecular flexibility index (Phi) is 8.54. The number of rotatable bonds is 9. The van der Waals surface area contributed by atoms with Crippen LogP contribution in [0.5, 0.6) is 5.75 Å². The number of thiophene rings is 1. The second kappa shape index (κ2) is 11.8. The molecule has 184 valence electrons. The van der Waals surface area contributed by atoms with E-state index in [1.54, 1.807) is 53.7 Å². The van der Waals surface area contributed by atoms with E-state index in [1.807, 2.05) is 17.5 Å². The molecule has 2 amide bonds. The maximum atomic E-state index is 13.6. The number of amides is 2. The average molecular weight is 561 g/mol. The summed E-state index contributed by atoms with van der Waals surface area (Å²) >= 11 is 5.07. The number of carbonyl (C=O) groups is 2. The van der Waals surface area contributed by atoms with Crippen molar-refractivity contribution in [2.45, 2.75) is 12.5 Å². The Morgan fingerprint density at radius 2 is 2.00 bits per heavy atom. The van der Waals surface area contributed by atoms with E-state index in [1.165, 1.54) is 21.9 Å². The van der Waals surface area contributed by atoms with Crippen molar-refractivity contribution in [2.24, 2.45) is 0 Å². The molecule has 0 N–H and O–H groups in total. The van der Waals surface area contributed by atoms with E-state index < -0.39 is 0 Å². The van der Waals surface area contributed by atoms with Crippen LogP contribution in [0.15, 0.2) is 64.5 Å². The van der Waals surface area contributed by atoms with Crippen molar-refractivity contribution < 1.29 is 23.5 Å². The van der Waals surface area contributed by atoms with Crippen molar-refractivity contribution in [1.29, 1.82) is 0 Å². The third-order valence-electron chi connectivity index (χ3n) is 5.89. The summed E-state index contributed by atoms with van der Waals surface area (Å²) in [4.78, 5) is 31.3. The number of carbonyl (C=O) groups excluding carboxylic acids is 2. The van der Waals surface area contributed by atoms with Gasteiger partial charge in [-0.25, -0.2) is 4.39 Å². The van der Waals surface area contributed by atoms with Crippen LogP contribution >= 0.6 is 27.3 Å². The summed E-state index contributed by atoms with van der Waals surface area (Å²) in [5.41, 5.74) is 1.55. The minimum absolute atomic E-state index is 0.0682. The molecular weight excluding hydrogens is 535 g/mol. The largest absolute Gasteiger partial charge is 0.491 e. The Morgan fingerprint density at radius 3 is 2.74 bits per heavy atom. The molecular formula is C26H26BrFN2O4S. The number of benzene rings is 2. The molecule has 9 heteroatoms. The Balaban J connectivity index is 1.52. The van der Waals surface area contributed by atoms with Crippen LogP contribution in [0.1, 0.15) is 26.8 Å². The fourth-order valence-electron chi connectivity index (χ4n) is 4.09. The van der Waals surface area contributed by atoms with Crippen molar-refractivity contribution in [3.8, 4) is 5.75 Å². The topological polar surface area (TPSA) is 59.1 Å². The summed E-state index contributed by atoms with van der Waals surface area (Å²) in [6, 6.07) is 14.7. The highest BCUT2D eigenvalue weighted by molar-refractivity contribution is 9.10. The van der Waals surface area contributed by atoms with Crippen molar-refractivity contribution in [3.63, 3.8) is 0 Å². The minimum Gasteiger partial charge on any atom is -0.491 e. The lowest BCUT2D eigenvalue weighted by Gasteiger charge is -2.37. The van der Waals surface area contributed by atoms with E-state index in [-0.39, 0.29) is 36.8 Å². The van der Waals surface area contributed by atoms with E-state index in [2.05, 4.69) is 15.9 Å². The summed E-state index contributed by atoms with van der Waals surface area (Å²) in [6.07, 6.45) is 0.753. The summed E-state index contributed by atoms with van der Waals surface area (Å²) in [7, 11) is 1.56. The Morgan fingerprint density at radius 1 is 1.20 bits per heavy atom. The summed E-state index contributed by atoms with van der Waals surface area (Å²) in [6.45, 7) is 1.31. The van der Waals surface area contributed by atoms with Crippen LogP contribution in [0, 0.1) is 5.82 Å². The number of nitrogens with zero attached hydrogens (tertiary/aromatic N) is 2. The maximum absolute atomic E-state index is 13.6. The number of hydrogen-bond acceptors (Lipinski definition) is 5.